The molecule has 2 rings (SSSR count). The molecule has 0 amide bonds. The summed E-state index contributed by atoms with van der Waals surface area (Å²) in [5.41, 5.74) is -3.57. The summed E-state index contributed by atoms with van der Waals surface area (Å²) in [6.45, 7) is 0. The summed E-state index contributed by atoms with van der Waals surface area (Å²) >= 11 is 16.7. The minimum absolute atomic E-state index is 0.175. The SMILES string of the molecule is N#Cc1cn(-c2c(F)cccc2F)c(=O)n(SC(Cl)(Cl)Cl)c1=O. The van der Waals surface area contributed by atoms with E-state index in [0.29, 0.717) is 8.54 Å². The van der Waals surface area contributed by atoms with Gasteiger partial charge in [-0.1, -0.05) is 40.9 Å². The van der Waals surface area contributed by atoms with E-state index < -0.39 is 37.3 Å². The molecule has 11 heteroatoms. The van der Waals surface area contributed by atoms with Gasteiger partial charge in [-0.25, -0.2) is 13.6 Å². The molecule has 0 spiro atoms. The smallest absolute Gasteiger partial charge is 0.267 e. The largest absolute Gasteiger partial charge is 0.346 e. The minimum Gasteiger partial charge on any atom is -0.267 e. The zero-order valence-electron chi connectivity index (χ0n) is 10.8. The molecule has 1 heterocycles. The maximum atomic E-state index is 13.9. The maximum absolute atomic E-state index is 13.9. The van der Waals surface area contributed by atoms with Crippen molar-refractivity contribution >= 4 is 46.8 Å². The lowest BCUT2D eigenvalue weighted by Gasteiger charge is -2.14. The molecular weight excluding hydrogens is 395 g/mol. The van der Waals surface area contributed by atoms with Crippen LogP contribution in [0, 0.1) is 23.0 Å². The van der Waals surface area contributed by atoms with E-state index in [-0.39, 0.29) is 11.9 Å². The highest BCUT2D eigenvalue weighted by atomic mass is 35.6. The van der Waals surface area contributed by atoms with Crippen molar-refractivity contribution in [1.82, 2.24) is 8.54 Å². The second-order valence-corrected chi connectivity index (χ2v) is 8.13. The van der Waals surface area contributed by atoms with Crippen LogP contribution in [-0.4, -0.2) is 11.7 Å². The molecule has 1 aromatic carbocycles. The molecular formula is C12H4Cl3F2N3O2S. The van der Waals surface area contributed by atoms with Gasteiger partial charge in [-0.15, -0.1) is 0 Å². The summed E-state index contributed by atoms with van der Waals surface area (Å²) in [5, 5.41) is 8.97. The molecule has 0 radical (unpaired) electrons. The van der Waals surface area contributed by atoms with Crippen molar-refractivity contribution in [3.8, 4) is 11.8 Å². The molecule has 0 unspecified atom stereocenters. The number of halogens is 5. The van der Waals surface area contributed by atoms with Crippen LogP contribution in [0.5, 0.6) is 0 Å². The van der Waals surface area contributed by atoms with Crippen LogP contribution < -0.4 is 11.2 Å². The van der Waals surface area contributed by atoms with Crippen molar-refractivity contribution in [1.29, 1.82) is 5.26 Å². The van der Waals surface area contributed by atoms with E-state index in [1.54, 1.807) is 0 Å². The van der Waals surface area contributed by atoms with E-state index in [9.17, 15) is 18.4 Å². The molecule has 0 N–H and O–H groups in total. The second-order valence-electron chi connectivity index (χ2n) is 4.01. The van der Waals surface area contributed by atoms with Crippen molar-refractivity contribution in [2.45, 2.75) is 3.12 Å². The van der Waals surface area contributed by atoms with Crippen LogP contribution in [-0.2, 0) is 0 Å². The predicted molar refractivity (Wildman–Crippen MR) is 84.2 cm³/mol. The van der Waals surface area contributed by atoms with Gasteiger partial charge in [0.25, 0.3) is 8.68 Å². The zero-order valence-corrected chi connectivity index (χ0v) is 13.8. The van der Waals surface area contributed by atoms with Gasteiger partial charge in [0.1, 0.15) is 29.0 Å². The summed E-state index contributed by atoms with van der Waals surface area (Å²) in [4.78, 5) is 24.3. The fraction of sp³-hybridized carbons (Fsp3) is 0.0833. The lowest BCUT2D eigenvalue weighted by atomic mass is 10.2. The Morgan fingerprint density at radius 1 is 1.17 bits per heavy atom. The molecule has 0 atom stereocenters. The zero-order chi connectivity index (χ0) is 17.4. The number of alkyl halides is 3. The Labute approximate surface area is 146 Å². The number of nitriles is 1. The fourth-order valence-corrected chi connectivity index (χ4v) is 2.85. The van der Waals surface area contributed by atoms with Gasteiger partial charge in [0, 0.05) is 18.1 Å². The van der Waals surface area contributed by atoms with Crippen LogP contribution in [0.25, 0.3) is 5.69 Å². The Morgan fingerprint density at radius 3 is 2.22 bits per heavy atom. The monoisotopic (exact) mass is 397 g/mol. The van der Waals surface area contributed by atoms with Crippen LogP contribution in [0.15, 0.2) is 34.0 Å². The molecule has 0 aliphatic heterocycles. The van der Waals surface area contributed by atoms with E-state index in [4.69, 9.17) is 40.1 Å². The summed E-state index contributed by atoms with van der Waals surface area (Å²) in [6, 6.07) is 4.43. The standard InChI is InChI=1S/C12H4Cl3F2N3O2S/c13-12(14,15)23-20-10(21)6(4-18)5-19(11(20)22)9-7(16)2-1-3-8(9)17/h1-3,5H. The molecule has 0 fully saturated rings. The maximum Gasteiger partial charge on any atom is 0.346 e. The number of rotatable bonds is 2. The highest BCUT2D eigenvalue weighted by Gasteiger charge is 2.27. The van der Waals surface area contributed by atoms with Crippen molar-refractivity contribution in [2.24, 2.45) is 0 Å². The van der Waals surface area contributed by atoms with Crippen LogP contribution in [0.1, 0.15) is 5.56 Å². The van der Waals surface area contributed by atoms with E-state index in [1.165, 1.54) is 6.07 Å². The van der Waals surface area contributed by atoms with Crippen molar-refractivity contribution in [3.63, 3.8) is 0 Å². The molecule has 2 aromatic rings. The van der Waals surface area contributed by atoms with E-state index in [0.717, 1.165) is 24.4 Å². The Kier molecular flexibility index (Phi) is 5.06. The molecule has 0 bridgehead atoms. The van der Waals surface area contributed by atoms with E-state index in [2.05, 4.69) is 0 Å². The van der Waals surface area contributed by atoms with Gasteiger partial charge in [-0.2, -0.15) is 9.23 Å². The van der Waals surface area contributed by atoms with E-state index >= 15 is 0 Å². The van der Waals surface area contributed by atoms with Gasteiger partial charge in [-0.3, -0.25) is 9.36 Å². The average Bonchev–Trinajstić information content (AvgIpc) is 2.44. The second kappa shape index (κ2) is 6.53. The van der Waals surface area contributed by atoms with Gasteiger partial charge < -0.3 is 0 Å². The van der Waals surface area contributed by atoms with Crippen molar-refractivity contribution in [2.75, 3.05) is 0 Å². The number of hydrogen-bond acceptors (Lipinski definition) is 4. The topological polar surface area (TPSA) is 67.8 Å². The molecule has 120 valence electrons. The van der Waals surface area contributed by atoms with Gasteiger partial charge in [0.15, 0.2) is 0 Å². The normalized spacial score (nSPS) is 11.3. The fourth-order valence-electron chi connectivity index (χ4n) is 1.67. The number of nitrogens with zero attached hydrogens (tertiary/aromatic N) is 3. The Hall–Kier alpha value is -1.53. The molecule has 0 aliphatic carbocycles. The average molecular weight is 399 g/mol. The first kappa shape index (κ1) is 17.8. The molecule has 0 aliphatic rings. The number of hydrogen-bond donors (Lipinski definition) is 0. The van der Waals surface area contributed by atoms with Gasteiger partial charge in [0.2, 0.25) is 0 Å². The number of aromatic nitrogens is 2. The summed E-state index contributed by atoms with van der Waals surface area (Å²) in [5.74, 6) is -2.14. The van der Waals surface area contributed by atoms with Crippen LogP contribution in [0.4, 0.5) is 8.78 Å². The Morgan fingerprint density at radius 2 is 1.74 bits per heavy atom. The molecule has 0 saturated heterocycles. The van der Waals surface area contributed by atoms with Gasteiger partial charge in [0.05, 0.1) is 0 Å². The van der Waals surface area contributed by atoms with Crippen molar-refractivity contribution in [3.05, 3.63) is 62.4 Å². The number of benzene rings is 1. The first-order valence-corrected chi connectivity index (χ1v) is 7.56. The predicted octanol–water partition coefficient (Wildman–Crippen LogP) is 2.97. The van der Waals surface area contributed by atoms with Crippen LogP contribution in [0.3, 0.4) is 0 Å². The highest BCUT2D eigenvalue weighted by Crippen LogP contribution is 2.38. The molecule has 23 heavy (non-hydrogen) atoms. The summed E-state index contributed by atoms with van der Waals surface area (Å²) < 4.78 is 26.4. The van der Waals surface area contributed by atoms with Crippen molar-refractivity contribution < 1.29 is 8.78 Å². The highest BCUT2D eigenvalue weighted by molar-refractivity contribution is 8.03. The third kappa shape index (κ3) is 3.70. The van der Waals surface area contributed by atoms with Crippen LogP contribution >= 0.6 is 46.8 Å². The molecule has 0 saturated carbocycles. The third-order valence-corrected chi connectivity index (χ3v) is 3.88. The number of para-hydroxylation sites is 1. The van der Waals surface area contributed by atoms with E-state index in [1.807, 2.05) is 0 Å². The quantitative estimate of drug-likeness (QED) is 0.730. The molecule has 1 aromatic heterocycles. The first-order chi connectivity index (χ1) is 10.7. The van der Waals surface area contributed by atoms with Gasteiger partial charge in [-0.05, 0) is 12.1 Å². The Bertz CT molecular complexity index is 911. The minimum atomic E-state index is -2.11. The Balaban J connectivity index is 2.87. The first-order valence-electron chi connectivity index (χ1n) is 5.65. The lowest BCUT2D eigenvalue weighted by molar-refractivity contribution is 0.563. The third-order valence-electron chi connectivity index (χ3n) is 2.55. The van der Waals surface area contributed by atoms with Crippen LogP contribution in [0.2, 0.25) is 0 Å². The van der Waals surface area contributed by atoms with Gasteiger partial charge >= 0.3 is 5.69 Å². The lowest BCUT2D eigenvalue weighted by Crippen LogP contribution is -2.39. The summed E-state index contributed by atoms with van der Waals surface area (Å²) in [7, 11) is 0. The summed E-state index contributed by atoms with van der Waals surface area (Å²) in [6.07, 6.45) is 0.724. The molecule has 5 nitrogen and oxygen atoms in total.